The largest absolute Gasteiger partial charge is 0.369 e. The molecule has 0 bridgehead atoms. The van der Waals surface area contributed by atoms with Gasteiger partial charge < -0.3 is 5.32 Å². The van der Waals surface area contributed by atoms with Crippen molar-refractivity contribution in [3.05, 3.63) is 16.1 Å². The molecule has 0 spiro atoms. The molecule has 0 radical (unpaired) electrons. The van der Waals surface area contributed by atoms with E-state index in [-0.39, 0.29) is 0 Å². The molecule has 0 saturated heterocycles. The summed E-state index contributed by atoms with van der Waals surface area (Å²) in [4.78, 5) is 8.24. The molecule has 0 unspecified atom stereocenters. The van der Waals surface area contributed by atoms with Crippen molar-refractivity contribution < 1.29 is 0 Å². The number of nitrogens with one attached hydrogen (secondary N) is 1. The van der Waals surface area contributed by atoms with Crippen molar-refractivity contribution in [3.63, 3.8) is 0 Å². The van der Waals surface area contributed by atoms with Crippen molar-refractivity contribution in [2.45, 2.75) is 39.0 Å². The molecule has 1 aliphatic rings. The number of hydrogen-bond donors (Lipinski definition) is 1. The molecule has 0 aliphatic heterocycles. The maximum absolute atomic E-state index is 4.24. The molecule has 94 valence electrons. The lowest BCUT2D eigenvalue weighted by molar-refractivity contribution is 0.282. The minimum atomic E-state index is 0.915. The molecule has 1 heterocycles. The van der Waals surface area contributed by atoms with E-state index in [4.69, 9.17) is 0 Å². The van der Waals surface area contributed by atoms with Gasteiger partial charge in [0.05, 0.1) is 3.57 Å². The highest BCUT2D eigenvalue weighted by Crippen LogP contribution is 2.30. The molecule has 0 aromatic carbocycles. The van der Waals surface area contributed by atoms with Gasteiger partial charge in [0.25, 0.3) is 0 Å². The number of halogens is 1. The van der Waals surface area contributed by atoms with Crippen LogP contribution in [0, 0.1) is 15.4 Å². The Morgan fingerprint density at radius 3 is 2.82 bits per heavy atom. The molecule has 2 rings (SSSR count). The van der Waals surface area contributed by atoms with Crippen molar-refractivity contribution in [1.29, 1.82) is 0 Å². The van der Waals surface area contributed by atoms with Gasteiger partial charge in [-0.05, 0) is 40.8 Å². The second-order valence-corrected chi connectivity index (χ2v) is 6.22. The standard InChI is InChI=1S/C13H20IN3/c1-10-2-4-11(5-3-10)6-7-16-13-12(14)8-15-9-17-13/h8-11H,2-7H2,1H3,(H,15,16,17). The van der Waals surface area contributed by atoms with Gasteiger partial charge in [-0.3, -0.25) is 0 Å². The van der Waals surface area contributed by atoms with Crippen molar-refractivity contribution in [2.24, 2.45) is 11.8 Å². The first-order valence-corrected chi connectivity index (χ1v) is 7.53. The summed E-state index contributed by atoms with van der Waals surface area (Å²) < 4.78 is 1.10. The molecule has 0 amide bonds. The highest BCUT2D eigenvalue weighted by molar-refractivity contribution is 14.1. The zero-order valence-corrected chi connectivity index (χ0v) is 12.5. The molecular weight excluding hydrogens is 325 g/mol. The molecule has 1 aromatic rings. The molecule has 1 aliphatic carbocycles. The zero-order chi connectivity index (χ0) is 12.1. The normalized spacial score (nSPS) is 24.6. The van der Waals surface area contributed by atoms with Crippen molar-refractivity contribution in [2.75, 3.05) is 11.9 Å². The van der Waals surface area contributed by atoms with Gasteiger partial charge in [0, 0.05) is 12.7 Å². The van der Waals surface area contributed by atoms with Crippen LogP contribution in [0.3, 0.4) is 0 Å². The first kappa shape index (κ1) is 13.1. The lowest BCUT2D eigenvalue weighted by Crippen LogP contribution is -2.16. The molecule has 1 saturated carbocycles. The van der Waals surface area contributed by atoms with E-state index in [1.165, 1.54) is 32.1 Å². The second-order valence-electron chi connectivity index (χ2n) is 5.06. The topological polar surface area (TPSA) is 37.8 Å². The first-order valence-electron chi connectivity index (χ1n) is 6.45. The summed E-state index contributed by atoms with van der Waals surface area (Å²) in [5, 5.41) is 3.41. The van der Waals surface area contributed by atoms with E-state index in [0.717, 1.165) is 27.8 Å². The van der Waals surface area contributed by atoms with Gasteiger partial charge in [0.2, 0.25) is 0 Å². The van der Waals surface area contributed by atoms with Gasteiger partial charge in [0.15, 0.2) is 0 Å². The van der Waals surface area contributed by atoms with Gasteiger partial charge >= 0.3 is 0 Å². The SMILES string of the molecule is CC1CCC(CCNc2ncncc2I)CC1. The molecular formula is C13H20IN3. The van der Waals surface area contributed by atoms with E-state index in [2.05, 4.69) is 44.8 Å². The fourth-order valence-corrected chi connectivity index (χ4v) is 2.95. The van der Waals surface area contributed by atoms with Crippen LogP contribution in [0.5, 0.6) is 0 Å². The highest BCUT2D eigenvalue weighted by Gasteiger charge is 2.17. The maximum Gasteiger partial charge on any atom is 0.142 e. The van der Waals surface area contributed by atoms with E-state index in [0.29, 0.717) is 0 Å². The van der Waals surface area contributed by atoms with E-state index < -0.39 is 0 Å². The number of aromatic nitrogens is 2. The Balaban J connectivity index is 1.71. The molecule has 4 heteroatoms. The van der Waals surface area contributed by atoms with Crippen LogP contribution in [0.15, 0.2) is 12.5 Å². The molecule has 17 heavy (non-hydrogen) atoms. The van der Waals surface area contributed by atoms with Crippen LogP contribution in [-0.2, 0) is 0 Å². The smallest absolute Gasteiger partial charge is 0.142 e. The van der Waals surface area contributed by atoms with Crippen molar-refractivity contribution >= 4 is 28.4 Å². The Bertz CT molecular complexity index is 348. The summed E-state index contributed by atoms with van der Waals surface area (Å²) in [6.07, 6.45) is 10.4. The number of rotatable bonds is 4. The zero-order valence-electron chi connectivity index (χ0n) is 10.3. The number of anilines is 1. The van der Waals surface area contributed by atoms with Gasteiger partial charge in [-0.25, -0.2) is 9.97 Å². The van der Waals surface area contributed by atoms with Crippen LogP contribution >= 0.6 is 22.6 Å². The number of nitrogens with zero attached hydrogens (tertiary/aromatic N) is 2. The monoisotopic (exact) mass is 345 g/mol. The second kappa shape index (κ2) is 6.52. The van der Waals surface area contributed by atoms with Gasteiger partial charge in [-0.15, -0.1) is 0 Å². The Morgan fingerprint density at radius 1 is 1.35 bits per heavy atom. The fourth-order valence-electron chi connectivity index (χ4n) is 2.46. The predicted octanol–water partition coefficient (Wildman–Crippen LogP) is 3.71. The van der Waals surface area contributed by atoms with Gasteiger partial charge in [0.1, 0.15) is 12.1 Å². The molecule has 0 atom stereocenters. The summed E-state index contributed by atoms with van der Waals surface area (Å²) >= 11 is 2.27. The Kier molecular flexibility index (Phi) is 5.00. The summed E-state index contributed by atoms with van der Waals surface area (Å²) in [7, 11) is 0. The lowest BCUT2D eigenvalue weighted by atomic mass is 9.81. The van der Waals surface area contributed by atoms with Crippen LogP contribution in [0.1, 0.15) is 39.0 Å². The van der Waals surface area contributed by atoms with Crippen LogP contribution in [0.4, 0.5) is 5.82 Å². The third-order valence-corrected chi connectivity index (χ3v) is 4.44. The van der Waals surface area contributed by atoms with E-state index in [9.17, 15) is 0 Å². The first-order chi connectivity index (χ1) is 8.25. The average Bonchev–Trinajstić information content (AvgIpc) is 2.34. The molecule has 1 fully saturated rings. The summed E-state index contributed by atoms with van der Waals surface area (Å²) in [6.45, 7) is 3.41. The minimum absolute atomic E-state index is 0.915. The summed E-state index contributed by atoms with van der Waals surface area (Å²) in [5.41, 5.74) is 0. The quantitative estimate of drug-likeness (QED) is 0.846. The van der Waals surface area contributed by atoms with Crippen LogP contribution in [-0.4, -0.2) is 16.5 Å². The van der Waals surface area contributed by atoms with Crippen molar-refractivity contribution in [3.8, 4) is 0 Å². The molecule has 1 aromatic heterocycles. The van der Waals surface area contributed by atoms with E-state index >= 15 is 0 Å². The third-order valence-electron chi connectivity index (χ3n) is 3.65. The summed E-state index contributed by atoms with van der Waals surface area (Å²) in [5.74, 6) is 2.84. The van der Waals surface area contributed by atoms with Crippen LogP contribution < -0.4 is 5.32 Å². The van der Waals surface area contributed by atoms with E-state index in [1.807, 2.05) is 6.20 Å². The molecule has 3 nitrogen and oxygen atoms in total. The summed E-state index contributed by atoms with van der Waals surface area (Å²) in [6, 6.07) is 0. The highest BCUT2D eigenvalue weighted by atomic mass is 127. The van der Waals surface area contributed by atoms with Crippen LogP contribution in [0.2, 0.25) is 0 Å². The molecule has 1 N–H and O–H groups in total. The van der Waals surface area contributed by atoms with Gasteiger partial charge in [-0.1, -0.05) is 32.6 Å². The maximum atomic E-state index is 4.24. The minimum Gasteiger partial charge on any atom is -0.369 e. The fraction of sp³-hybridized carbons (Fsp3) is 0.692. The Labute approximate surface area is 117 Å². The van der Waals surface area contributed by atoms with Crippen LogP contribution in [0.25, 0.3) is 0 Å². The Hall–Kier alpha value is -0.390. The lowest BCUT2D eigenvalue weighted by Gasteiger charge is -2.26. The van der Waals surface area contributed by atoms with Crippen molar-refractivity contribution in [1.82, 2.24) is 9.97 Å². The number of hydrogen-bond acceptors (Lipinski definition) is 3. The third kappa shape index (κ3) is 4.08. The van der Waals surface area contributed by atoms with Gasteiger partial charge in [-0.2, -0.15) is 0 Å². The average molecular weight is 345 g/mol. The predicted molar refractivity (Wildman–Crippen MR) is 79.0 cm³/mol. The Morgan fingerprint density at radius 2 is 2.12 bits per heavy atom. The van der Waals surface area contributed by atoms with E-state index in [1.54, 1.807) is 6.33 Å².